The lowest BCUT2D eigenvalue weighted by Crippen LogP contribution is -2.44. The minimum atomic E-state index is -0.234. The first-order valence-electron chi connectivity index (χ1n) is 8.00. The van der Waals surface area contributed by atoms with Crippen LogP contribution in [0.5, 0.6) is 0 Å². The highest BCUT2D eigenvalue weighted by molar-refractivity contribution is 5.81. The van der Waals surface area contributed by atoms with E-state index in [9.17, 15) is 4.79 Å². The predicted octanol–water partition coefficient (Wildman–Crippen LogP) is 1.91. The van der Waals surface area contributed by atoms with Crippen molar-refractivity contribution in [1.82, 2.24) is 15.0 Å². The molecule has 0 saturated carbocycles. The first kappa shape index (κ1) is 14.5. The number of carbonyl (C=O) groups is 1. The molecule has 3 rings (SSSR count). The second-order valence-corrected chi connectivity index (χ2v) is 5.92. The van der Waals surface area contributed by atoms with Crippen molar-refractivity contribution in [3.8, 4) is 0 Å². The fraction of sp³-hybridized carbons (Fsp3) is 0.800. The number of nitrogens with zero attached hydrogens (tertiary/aromatic N) is 3. The summed E-state index contributed by atoms with van der Waals surface area (Å²) in [5.41, 5.74) is 0. The Hall–Kier alpha value is -1.43. The molecular weight excluding hydrogens is 270 g/mol. The van der Waals surface area contributed by atoms with E-state index < -0.39 is 0 Å². The molecule has 0 bridgehead atoms. The zero-order chi connectivity index (χ0) is 14.7. The molecule has 6 heteroatoms. The second kappa shape index (κ2) is 6.56. The quantitative estimate of drug-likeness (QED) is 0.848. The van der Waals surface area contributed by atoms with Gasteiger partial charge >= 0.3 is 0 Å². The average molecular weight is 293 g/mol. The van der Waals surface area contributed by atoms with Gasteiger partial charge in [-0.3, -0.25) is 4.79 Å². The van der Waals surface area contributed by atoms with Crippen LogP contribution in [0, 0.1) is 0 Å². The van der Waals surface area contributed by atoms with E-state index in [1.54, 1.807) is 0 Å². The topological polar surface area (TPSA) is 68.5 Å². The van der Waals surface area contributed by atoms with Gasteiger partial charge < -0.3 is 14.2 Å². The maximum atomic E-state index is 12.4. The van der Waals surface area contributed by atoms with E-state index in [2.05, 4.69) is 17.1 Å². The van der Waals surface area contributed by atoms with Crippen LogP contribution in [0.4, 0.5) is 0 Å². The lowest BCUT2D eigenvalue weighted by atomic mass is 9.97. The molecule has 21 heavy (non-hydrogen) atoms. The third-order valence-electron chi connectivity index (χ3n) is 4.24. The largest absolute Gasteiger partial charge is 0.368 e. The molecule has 2 saturated heterocycles. The van der Waals surface area contributed by atoms with Crippen LogP contribution in [0.15, 0.2) is 4.52 Å². The first-order chi connectivity index (χ1) is 10.3. The van der Waals surface area contributed by atoms with Crippen LogP contribution in [0.1, 0.15) is 56.7 Å². The Morgan fingerprint density at radius 1 is 1.38 bits per heavy atom. The lowest BCUT2D eigenvalue weighted by molar-refractivity contribution is -0.142. The van der Waals surface area contributed by atoms with Crippen LogP contribution in [-0.2, 0) is 16.0 Å². The summed E-state index contributed by atoms with van der Waals surface area (Å²) in [7, 11) is 0. The molecule has 0 aliphatic carbocycles. The molecule has 3 heterocycles. The van der Waals surface area contributed by atoms with E-state index in [1.807, 2.05) is 4.90 Å². The molecule has 0 spiro atoms. The highest BCUT2D eigenvalue weighted by atomic mass is 16.5. The van der Waals surface area contributed by atoms with E-state index in [0.29, 0.717) is 19.0 Å². The maximum Gasteiger partial charge on any atom is 0.251 e. The average Bonchev–Trinajstić information content (AvgIpc) is 3.18. The van der Waals surface area contributed by atoms with Gasteiger partial charge in [-0.25, -0.2) is 0 Å². The van der Waals surface area contributed by atoms with Crippen LogP contribution >= 0.6 is 0 Å². The van der Waals surface area contributed by atoms with Gasteiger partial charge in [0.1, 0.15) is 6.10 Å². The van der Waals surface area contributed by atoms with Gasteiger partial charge in [0.15, 0.2) is 5.82 Å². The number of aromatic nitrogens is 2. The predicted molar refractivity (Wildman–Crippen MR) is 75.8 cm³/mol. The summed E-state index contributed by atoms with van der Waals surface area (Å²) >= 11 is 0. The van der Waals surface area contributed by atoms with Crippen molar-refractivity contribution in [3.63, 3.8) is 0 Å². The number of hydrogen-bond donors (Lipinski definition) is 0. The molecule has 2 aliphatic rings. The van der Waals surface area contributed by atoms with Crippen LogP contribution in [0.3, 0.4) is 0 Å². The van der Waals surface area contributed by atoms with Crippen molar-refractivity contribution in [2.24, 2.45) is 0 Å². The number of carbonyl (C=O) groups excluding carboxylic acids is 1. The van der Waals surface area contributed by atoms with E-state index in [4.69, 9.17) is 9.26 Å². The zero-order valence-corrected chi connectivity index (χ0v) is 12.6. The summed E-state index contributed by atoms with van der Waals surface area (Å²) < 4.78 is 10.9. The molecule has 2 aliphatic heterocycles. The lowest BCUT2D eigenvalue weighted by Gasteiger charge is -2.32. The van der Waals surface area contributed by atoms with Gasteiger partial charge in [0.2, 0.25) is 5.89 Å². The third kappa shape index (κ3) is 3.26. The fourth-order valence-electron chi connectivity index (χ4n) is 3.11. The van der Waals surface area contributed by atoms with Gasteiger partial charge in [-0.15, -0.1) is 0 Å². The SMILES string of the molecule is CCCc1noc([C@@H]2CCCN(C(=O)[C@@H]3CCCO3)C2)n1. The smallest absolute Gasteiger partial charge is 0.251 e. The summed E-state index contributed by atoms with van der Waals surface area (Å²) in [4.78, 5) is 18.8. The van der Waals surface area contributed by atoms with Crippen molar-refractivity contribution in [1.29, 1.82) is 0 Å². The minimum absolute atomic E-state index is 0.130. The second-order valence-electron chi connectivity index (χ2n) is 5.92. The van der Waals surface area contributed by atoms with Crippen LogP contribution in [-0.4, -0.2) is 46.7 Å². The van der Waals surface area contributed by atoms with Gasteiger partial charge in [0.05, 0.1) is 5.92 Å². The molecule has 0 unspecified atom stereocenters. The molecule has 6 nitrogen and oxygen atoms in total. The highest BCUT2D eigenvalue weighted by Crippen LogP contribution is 2.27. The molecule has 2 atom stereocenters. The molecule has 1 aromatic rings. The Bertz CT molecular complexity index is 482. The molecule has 0 radical (unpaired) electrons. The zero-order valence-electron chi connectivity index (χ0n) is 12.6. The number of amides is 1. The Kier molecular flexibility index (Phi) is 4.53. The van der Waals surface area contributed by atoms with Crippen molar-refractivity contribution in [2.75, 3.05) is 19.7 Å². The first-order valence-corrected chi connectivity index (χ1v) is 8.00. The molecule has 1 aromatic heterocycles. The number of aryl methyl sites for hydroxylation is 1. The van der Waals surface area contributed by atoms with E-state index in [0.717, 1.165) is 50.9 Å². The van der Waals surface area contributed by atoms with Crippen molar-refractivity contribution in [2.45, 2.75) is 57.5 Å². The minimum Gasteiger partial charge on any atom is -0.368 e. The Morgan fingerprint density at radius 3 is 3.05 bits per heavy atom. The normalized spacial score (nSPS) is 26.2. The summed E-state index contributed by atoms with van der Waals surface area (Å²) in [6.07, 6.45) is 5.43. The van der Waals surface area contributed by atoms with E-state index in [1.165, 1.54) is 0 Å². The monoisotopic (exact) mass is 293 g/mol. The Labute approximate surface area is 124 Å². The summed E-state index contributed by atoms with van der Waals surface area (Å²) in [5.74, 6) is 1.76. The van der Waals surface area contributed by atoms with Gasteiger partial charge in [-0.2, -0.15) is 4.98 Å². The van der Waals surface area contributed by atoms with Crippen LogP contribution in [0.2, 0.25) is 0 Å². The molecule has 2 fully saturated rings. The summed E-state index contributed by atoms with van der Waals surface area (Å²) in [6.45, 7) is 4.29. The van der Waals surface area contributed by atoms with Gasteiger partial charge in [0, 0.05) is 26.1 Å². The van der Waals surface area contributed by atoms with Crippen molar-refractivity contribution in [3.05, 3.63) is 11.7 Å². The van der Waals surface area contributed by atoms with Gasteiger partial charge in [0.25, 0.3) is 5.91 Å². The van der Waals surface area contributed by atoms with E-state index in [-0.39, 0.29) is 17.9 Å². The number of likely N-dealkylation sites (tertiary alicyclic amines) is 1. The fourth-order valence-corrected chi connectivity index (χ4v) is 3.11. The molecular formula is C15H23N3O3. The van der Waals surface area contributed by atoms with Gasteiger partial charge in [-0.1, -0.05) is 12.1 Å². The number of rotatable bonds is 4. The Balaban J connectivity index is 1.63. The molecule has 116 valence electrons. The summed E-state index contributed by atoms with van der Waals surface area (Å²) in [5, 5.41) is 4.01. The van der Waals surface area contributed by atoms with Crippen molar-refractivity contribution < 1.29 is 14.1 Å². The van der Waals surface area contributed by atoms with E-state index >= 15 is 0 Å². The molecule has 1 amide bonds. The summed E-state index contributed by atoms with van der Waals surface area (Å²) in [6, 6.07) is 0. The van der Waals surface area contributed by atoms with Gasteiger partial charge in [-0.05, 0) is 32.1 Å². The standard InChI is InChI=1S/C15H23N3O3/c1-2-5-13-16-14(21-17-13)11-6-3-8-18(10-11)15(19)12-7-4-9-20-12/h11-12H,2-10H2,1H3/t11-,12+/m1/s1. The number of ether oxygens (including phenoxy) is 1. The third-order valence-corrected chi connectivity index (χ3v) is 4.24. The molecule has 0 N–H and O–H groups in total. The maximum absolute atomic E-state index is 12.4. The molecule has 0 aromatic carbocycles. The van der Waals surface area contributed by atoms with Crippen LogP contribution < -0.4 is 0 Å². The highest BCUT2D eigenvalue weighted by Gasteiger charge is 2.33. The Morgan fingerprint density at radius 2 is 2.29 bits per heavy atom. The van der Waals surface area contributed by atoms with Crippen molar-refractivity contribution >= 4 is 5.91 Å². The van der Waals surface area contributed by atoms with Crippen LogP contribution in [0.25, 0.3) is 0 Å². The number of hydrogen-bond acceptors (Lipinski definition) is 5. The number of piperidine rings is 1.